The van der Waals surface area contributed by atoms with Gasteiger partial charge in [0.1, 0.15) is 6.29 Å². The summed E-state index contributed by atoms with van der Waals surface area (Å²) in [7, 11) is 0.862. The molecule has 0 saturated carbocycles. The fourth-order valence-corrected chi connectivity index (χ4v) is 2.96. The lowest BCUT2D eigenvalue weighted by Crippen LogP contribution is -2.17. The predicted octanol–water partition coefficient (Wildman–Crippen LogP) is 3.17. The molecule has 5 nitrogen and oxygen atoms in total. The molecule has 0 heterocycles. The molecule has 2 aromatic rings. The van der Waals surface area contributed by atoms with Crippen LogP contribution in [0.25, 0.3) is 11.1 Å². The third kappa shape index (κ3) is 5.41. The Labute approximate surface area is 151 Å². The van der Waals surface area contributed by atoms with E-state index in [1.807, 2.05) is 38.2 Å². The van der Waals surface area contributed by atoms with Crippen LogP contribution in [-0.4, -0.2) is 29.8 Å². The van der Waals surface area contributed by atoms with Crippen molar-refractivity contribution >= 4 is 28.6 Å². The SMILES string of the molecule is CNc1cccc(-c2ccc(CNS(C)=O)cc2)c1NC(C)CC=O. The van der Waals surface area contributed by atoms with E-state index in [4.69, 9.17) is 0 Å². The van der Waals surface area contributed by atoms with Crippen molar-refractivity contribution in [2.24, 2.45) is 0 Å². The second kappa shape index (κ2) is 9.34. The Balaban J connectivity index is 2.31. The van der Waals surface area contributed by atoms with Gasteiger partial charge < -0.3 is 15.4 Å². The first-order valence-electron chi connectivity index (χ1n) is 8.22. The Kier molecular flexibility index (Phi) is 7.16. The fourth-order valence-electron chi connectivity index (χ4n) is 2.59. The molecule has 0 saturated heterocycles. The maximum atomic E-state index is 11.1. The first-order valence-corrected chi connectivity index (χ1v) is 9.78. The van der Waals surface area contributed by atoms with Gasteiger partial charge in [-0.3, -0.25) is 0 Å². The number of hydrogen-bond donors (Lipinski definition) is 3. The lowest BCUT2D eigenvalue weighted by atomic mass is 10.00. The topological polar surface area (TPSA) is 70.2 Å². The lowest BCUT2D eigenvalue weighted by molar-refractivity contribution is -0.107. The minimum absolute atomic E-state index is 0.0498. The molecule has 2 atom stereocenters. The molecule has 0 aliphatic carbocycles. The molecule has 134 valence electrons. The number of benzene rings is 2. The highest BCUT2D eigenvalue weighted by Gasteiger charge is 2.12. The van der Waals surface area contributed by atoms with Crippen LogP contribution in [0.15, 0.2) is 42.5 Å². The van der Waals surface area contributed by atoms with Crippen molar-refractivity contribution in [1.82, 2.24) is 4.72 Å². The van der Waals surface area contributed by atoms with Crippen LogP contribution in [0.1, 0.15) is 18.9 Å². The predicted molar refractivity (Wildman–Crippen MR) is 106 cm³/mol. The average Bonchev–Trinajstić information content (AvgIpc) is 2.61. The van der Waals surface area contributed by atoms with Gasteiger partial charge >= 0.3 is 0 Å². The molecule has 0 aliphatic rings. The quantitative estimate of drug-likeness (QED) is 0.602. The Hall–Kier alpha value is -2.18. The summed E-state index contributed by atoms with van der Waals surface area (Å²) in [4.78, 5) is 10.8. The molecule has 0 bridgehead atoms. The smallest absolute Gasteiger partial charge is 0.122 e. The molecule has 6 heteroatoms. The molecule has 0 spiro atoms. The molecule has 25 heavy (non-hydrogen) atoms. The summed E-state index contributed by atoms with van der Waals surface area (Å²) >= 11 is 0. The maximum Gasteiger partial charge on any atom is 0.122 e. The van der Waals surface area contributed by atoms with Crippen molar-refractivity contribution in [1.29, 1.82) is 0 Å². The molecule has 2 rings (SSSR count). The van der Waals surface area contributed by atoms with E-state index < -0.39 is 11.0 Å². The van der Waals surface area contributed by atoms with E-state index in [1.165, 1.54) is 0 Å². The Morgan fingerprint density at radius 2 is 1.88 bits per heavy atom. The normalized spacial score (nSPS) is 13.1. The summed E-state index contributed by atoms with van der Waals surface area (Å²) in [6, 6.07) is 14.3. The van der Waals surface area contributed by atoms with E-state index >= 15 is 0 Å². The van der Waals surface area contributed by atoms with Crippen LogP contribution in [-0.2, 0) is 22.3 Å². The van der Waals surface area contributed by atoms with Gasteiger partial charge in [-0.05, 0) is 24.1 Å². The largest absolute Gasteiger partial charge is 0.386 e. The van der Waals surface area contributed by atoms with Crippen LogP contribution in [0.2, 0.25) is 0 Å². The Bertz CT molecular complexity index is 732. The molecule has 0 amide bonds. The van der Waals surface area contributed by atoms with Crippen LogP contribution >= 0.6 is 0 Å². The number of para-hydroxylation sites is 1. The van der Waals surface area contributed by atoms with E-state index in [1.54, 1.807) is 6.26 Å². The third-order valence-corrected chi connectivity index (χ3v) is 4.47. The number of rotatable bonds is 9. The minimum Gasteiger partial charge on any atom is -0.386 e. The van der Waals surface area contributed by atoms with Gasteiger partial charge in [0.15, 0.2) is 0 Å². The highest BCUT2D eigenvalue weighted by Crippen LogP contribution is 2.35. The van der Waals surface area contributed by atoms with Gasteiger partial charge in [0, 0.05) is 37.9 Å². The van der Waals surface area contributed by atoms with E-state index in [9.17, 15) is 9.00 Å². The Morgan fingerprint density at radius 3 is 2.48 bits per heavy atom. The number of hydrogen-bond acceptors (Lipinski definition) is 4. The van der Waals surface area contributed by atoms with Crippen LogP contribution < -0.4 is 15.4 Å². The molecule has 2 unspecified atom stereocenters. The van der Waals surface area contributed by atoms with Crippen LogP contribution in [0.3, 0.4) is 0 Å². The monoisotopic (exact) mass is 359 g/mol. The van der Waals surface area contributed by atoms with Crippen LogP contribution in [0.5, 0.6) is 0 Å². The Morgan fingerprint density at radius 1 is 1.16 bits per heavy atom. The van der Waals surface area contributed by atoms with Gasteiger partial charge in [-0.15, -0.1) is 0 Å². The second-order valence-corrected chi connectivity index (χ2v) is 7.09. The molecule has 2 aromatic carbocycles. The zero-order valence-corrected chi connectivity index (χ0v) is 15.7. The molecular weight excluding hydrogens is 334 g/mol. The zero-order valence-electron chi connectivity index (χ0n) is 14.8. The van der Waals surface area contributed by atoms with E-state index in [2.05, 4.69) is 33.6 Å². The minimum atomic E-state index is -1.02. The number of carbonyl (C=O) groups is 1. The average molecular weight is 359 g/mol. The summed E-state index contributed by atoms with van der Waals surface area (Å²) < 4.78 is 14.0. The fraction of sp³-hybridized carbons (Fsp3) is 0.316. The van der Waals surface area contributed by atoms with Gasteiger partial charge in [0.2, 0.25) is 0 Å². The van der Waals surface area contributed by atoms with Crippen molar-refractivity contribution in [3.63, 3.8) is 0 Å². The van der Waals surface area contributed by atoms with Crippen molar-refractivity contribution in [2.75, 3.05) is 23.9 Å². The van der Waals surface area contributed by atoms with Crippen molar-refractivity contribution in [3.8, 4) is 11.1 Å². The molecule has 0 radical (unpaired) electrons. The van der Waals surface area contributed by atoms with Gasteiger partial charge in [-0.1, -0.05) is 36.4 Å². The van der Waals surface area contributed by atoms with E-state index in [-0.39, 0.29) is 6.04 Å². The number of aldehydes is 1. The summed E-state index contributed by atoms with van der Waals surface area (Å²) in [5.41, 5.74) is 5.21. The summed E-state index contributed by atoms with van der Waals surface area (Å²) in [5.74, 6) is 0. The van der Waals surface area contributed by atoms with Crippen molar-refractivity contribution < 1.29 is 9.00 Å². The molecule has 0 aliphatic heterocycles. The van der Waals surface area contributed by atoms with Crippen LogP contribution in [0.4, 0.5) is 11.4 Å². The van der Waals surface area contributed by atoms with Gasteiger partial charge in [-0.2, -0.15) is 0 Å². The number of anilines is 2. The lowest BCUT2D eigenvalue weighted by Gasteiger charge is -2.20. The van der Waals surface area contributed by atoms with Crippen molar-refractivity contribution in [2.45, 2.75) is 25.9 Å². The number of carbonyl (C=O) groups excluding carboxylic acids is 1. The highest BCUT2D eigenvalue weighted by molar-refractivity contribution is 7.82. The molecular formula is C19H25N3O2S. The summed E-state index contributed by atoms with van der Waals surface area (Å²) in [5, 5.41) is 6.64. The third-order valence-electron chi connectivity index (χ3n) is 3.92. The van der Waals surface area contributed by atoms with Crippen LogP contribution in [0, 0.1) is 0 Å². The first-order chi connectivity index (χ1) is 12.0. The zero-order chi connectivity index (χ0) is 18.2. The number of nitrogens with one attached hydrogen (secondary N) is 3. The van der Waals surface area contributed by atoms with Gasteiger partial charge in [0.05, 0.1) is 22.4 Å². The molecule has 0 aromatic heterocycles. The van der Waals surface area contributed by atoms with E-state index in [0.29, 0.717) is 13.0 Å². The van der Waals surface area contributed by atoms with Crippen molar-refractivity contribution in [3.05, 3.63) is 48.0 Å². The van der Waals surface area contributed by atoms with Gasteiger partial charge in [-0.25, -0.2) is 8.93 Å². The molecule has 3 N–H and O–H groups in total. The van der Waals surface area contributed by atoms with Gasteiger partial charge in [0.25, 0.3) is 0 Å². The standard InChI is InChI=1S/C19H25N3O2S/c1-14(11-12-23)22-19-17(5-4-6-18(19)20-2)16-9-7-15(8-10-16)13-21-25(3)24/h4-10,12,14,20-22H,11,13H2,1-3H3. The van der Waals surface area contributed by atoms with E-state index in [0.717, 1.165) is 34.4 Å². The first kappa shape index (κ1) is 19.1. The molecule has 0 fully saturated rings. The highest BCUT2D eigenvalue weighted by atomic mass is 32.2. The summed E-state index contributed by atoms with van der Waals surface area (Å²) in [6.45, 7) is 2.56. The summed E-state index contributed by atoms with van der Waals surface area (Å²) in [6.07, 6.45) is 3.01. The maximum absolute atomic E-state index is 11.1. The second-order valence-electron chi connectivity index (χ2n) is 5.90.